The van der Waals surface area contributed by atoms with E-state index in [4.69, 9.17) is 37.9 Å². The van der Waals surface area contributed by atoms with Crippen molar-refractivity contribution in [3.05, 3.63) is 0 Å². The first-order valence-corrected chi connectivity index (χ1v) is 11.8. The lowest BCUT2D eigenvalue weighted by molar-refractivity contribution is -0.236. The molecule has 0 aliphatic carbocycles. The number of carbonyl (C=O) groups is 2. The van der Waals surface area contributed by atoms with E-state index in [1.54, 1.807) is 13.8 Å². The summed E-state index contributed by atoms with van der Waals surface area (Å²) in [7, 11) is 0. The predicted octanol–water partition coefficient (Wildman–Crippen LogP) is 2.31. The number of fused-ring (bicyclic) bond motifs is 1. The summed E-state index contributed by atoms with van der Waals surface area (Å²) in [6.45, 7) is 12.0. The van der Waals surface area contributed by atoms with Gasteiger partial charge in [-0.25, -0.2) is 0 Å². The summed E-state index contributed by atoms with van der Waals surface area (Å²) in [4.78, 5) is 24.3. The molecule has 0 spiro atoms. The number of ether oxygens (including phenoxy) is 8. The number of hydrogen-bond donors (Lipinski definition) is 0. The highest BCUT2D eigenvalue weighted by Gasteiger charge is 2.58. The Labute approximate surface area is 195 Å². The Bertz CT molecular complexity index is 660. The molecule has 190 valence electrons. The molecule has 0 aromatic carbocycles. The molecule has 3 rings (SSSR count). The van der Waals surface area contributed by atoms with Crippen molar-refractivity contribution >= 4 is 11.9 Å². The fraction of sp³-hybridized carbons (Fsp3) is 0.913. The summed E-state index contributed by atoms with van der Waals surface area (Å²) < 4.78 is 46.0. The molecule has 0 N–H and O–H groups in total. The van der Waals surface area contributed by atoms with Crippen molar-refractivity contribution < 1.29 is 47.5 Å². The van der Waals surface area contributed by atoms with Crippen LogP contribution in [0.25, 0.3) is 0 Å². The summed E-state index contributed by atoms with van der Waals surface area (Å²) in [6.07, 6.45) is -0.472. The van der Waals surface area contributed by atoms with Gasteiger partial charge < -0.3 is 37.9 Å². The molecule has 5 atom stereocenters. The maximum Gasteiger partial charge on any atom is 0.320 e. The van der Waals surface area contributed by atoms with Gasteiger partial charge in [0.2, 0.25) is 0 Å². The van der Waals surface area contributed by atoms with Crippen LogP contribution in [0, 0.1) is 5.92 Å². The zero-order valence-electron chi connectivity index (χ0n) is 20.5. The lowest BCUT2D eigenvalue weighted by Crippen LogP contribution is -2.44. The Morgan fingerprint density at radius 1 is 0.909 bits per heavy atom. The molecule has 10 heteroatoms. The van der Waals surface area contributed by atoms with Crippen LogP contribution >= 0.6 is 0 Å². The minimum Gasteiger partial charge on any atom is -0.465 e. The van der Waals surface area contributed by atoms with E-state index in [-0.39, 0.29) is 25.4 Å². The first-order valence-electron chi connectivity index (χ1n) is 11.8. The molecule has 10 nitrogen and oxygen atoms in total. The monoisotopic (exact) mass is 474 g/mol. The Kier molecular flexibility index (Phi) is 8.74. The molecular formula is C23H38O10. The van der Waals surface area contributed by atoms with Crippen molar-refractivity contribution in [3.63, 3.8) is 0 Å². The van der Waals surface area contributed by atoms with Gasteiger partial charge in [-0.1, -0.05) is 0 Å². The Morgan fingerprint density at radius 3 is 2.15 bits per heavy atom. The van der Waals surface area contributed by atoms with Crippen LogP contribution in [0.2, 0.25) is 0 Å². The Morgan fingerprint density at radius 2 is 1.58 bits per heavy atom. The number of rotatable bonds is 11. The molecule has 3 heterocycles. The second kappa shape index (κ2) is 11.0. The smallest absolute Gasteiger partial charge is 0.320 e. The number of carbonyl (C=O) groups excluding carboxylic acids is 2. The average molecular weight is 475 g/mol. The van der Waals surface area contributed by atoms with Crippen molar-refractivity contribution in [2.75, 3.05) is 26.4 Å². The molecule has 0 unspecified atom stereocenters. The Balaban J connectivity index is 1.53. The van der Waals surface area contributed by atoms with Crippen LogP contribution in [-0.2, 0) is 47.5 Å². The van der Waals surface area contributed by atoms with E-state index in [1.165, 1.54) is 0 Å². The van der Waals surface area contributed by atoms with E-state index < -0.39 is 47.9 Å². The minimum atomic E-state index is -0.921. The molecule has 0 saturated carbocycles. The molecule has 0 aromatic rings. The van der Waals surface area contributed by atoms with Gasteiger partial charge in [0.05, 0.1) is 19.8 Å². The average Bonchev–Trinajstić information content (AvgIpc) is 3.34. The molecule has 3 saturated heterocycles. The van der Waals surface area contributed by atoms with E-state index in [0.717, 1.165) is 0 Å². The fourth-order valence-electron chi connectivity index (χ4n) is 4.36. The van der Waals surface area contributed by atoms with Crippen LogP contribution < -0.4 is 0 Å². The highest BCUT2D eigenvalue weighted by Crippen LogP contribution is 2.42. The van der Waals surface area contributed by atoms with Crippen LogP contribution in [-0.4, -0.2) is 80.6 Å². The largest absolute Gasteiger partial charge is 0.465 e. The molecule has 3 aliphatic heterocycles. The minimum absolute atomic E-state index is 0.214. The molecule has 3 aliphatic rings. The maximum absolute atomic E-state index is 12.1. The lowest BCUT2D eigenvalue weighted by Gasteiger charge is -2.29. The standard InChI is InChI=1S/C23H38O10/c1-7-26-19(24)14(20(25)27-8-2)11-9-10-12-28-17-16(15-13-29-22(3,4)31-15)30-21-18(17)32-23(5,6)33-21/h14-18,21H,7-13H2,1-6H3/t15-,16-,17+,18-,21-/m1/s1. The van der Waals surface area contributed by atoms with E-state index in [9.17, 15) is 9.59 Å². The number of hydrogen-bond acceptors (Lipinski definition) is 10. The van der Waals surface area contributed by atoms with Gasteiger partial charge in [-0.15, -0.1) is 0 Å². The lowest BCUT2D eigenvalue weighted by atomic mass is 10.0. The summed E-state index contributed by atoms with van der Waals surface area (Å²) >= 11 is 0. The number of esters is 2. The summed E-state index contributed by atoms with van der Waals surface area (Å²) in [5.41, 5.74) is 0. The Hall–Kier alpha value is -1.30. The third kappa shape index (κ3) is 6.64. The first-order chi connectivity index (χ1) is 15.6. The summed E-state index contributed by atoms with van der Waals surface area (Å²) in [6, 6.07) is 0. The van der Waals surface area contributed by atoms with Crippen LogP contribution in [0.15, 0.2) is 0 Å². The van der Waals surface area contributed by atoms with E-state index in [0.29, 0.717) is 32.5 Å². The topological polar surface area (TPSA) is 108 Å². The van der Waals surface area contributed by atoms with E-state index in [2.05, 4.69) is 0 Å². The van der Waals surface area contributed by atoms with Crippen molar-refractivity contribution in [2.24, 2.45) is 5.92 Å². The van der Waals surface area contributed by atoms with Crippen LogP contribution in [0.3, 0.4) is 0 Å². The molecule has 0 aromatic heterocycles. The van der Waals surface area contributed by atoms with E-state index in [1.807, 2.05) is 27.7 Å². The molecule has 3 fully saturated rings. The molecule has 0 radical (unpaired) electrons. The highest BCUT2D eigenvalue weighted by molar-refractivity contribution is 5.94. The van der Waals surface area contributed by atoms with Crippen molar-refractivity contribution in [3.8, 4) is 0 Å². The summed E-state index contributed by atoms with van der Waals surface area (Å²) in [5, 5.41) is 0. The van der Waals surface area contributed by atoms with Gasteiger partial charge in [0.15, 0.2) is 23.8 Å². The third-order valence-electron chi connectivity index (χ3n) is 5.76. The van der Waals surface area contributed by atoms with Gasteiger partial charge in [-0.2, -0.15) is 0 Å². The molecule has 0 amide bonds. The van der Waals surface area contributed by atoms with Gasteiger partial charge in [0.1, 0.15) is 24.4 Å². The van der Waals surface area contributed by atoms with Crippen molar-refractivity contribution in [1.29, 1.82) is 0 Å². The van der Waals surface area contributed by atoms with Gasteiger partial charge in [-0.05, 0) is 60.8 Å². The van der Waals surface area contributed by atoms with Gasteiger partial charge in [0, 0.05) is 6.61 Å². The van der Waals surface area contributed by atoms with Gasteiger partial charge in [0.25, 0.3) is 0 Å². The third-order valence-corrected chi connectivity index (χ3v) is 5.76. The predicted molar refractivity (Wildman–Crippen MR) is 114 cm³/mol. The van der Waals surface area contributed by atoms with E-state index >= 15 is 0 Å². The van der Waals surface area contributed by atoms with Crippen LogP contribution in [0.1, 0.15) is 60.8 Å². The van der Waals surface area contributed by atoms with Gasteiger partial charge >= 0.3 is 11.9 Å². The van der Waals surface area contributed by atoms with Crippen molar-refractivity contribution in [1.82, 2.24) is 0 Å². The van der Waals surface area contributed by atoms with Crippen molar-refractivity contribution in [2.45, 2.75) is 103 Å². The van der Waals surface area contributed by atoms with Crippen LogP contribution in [0.5, 0.6) is 0 Å². The number of unbranched alkanes of at least 4 members (excludes halogenated alkanes) is 1. The van der Waals surface area contributed by atoms with Gasteiger partial charge in [-0.3, -0.25) is 9.59 Å². The fourth-order valence-corrected chi connectivity index (χ4v) is 4.36. The highest BCUT2D eigenvalue weighted by atomic mass is 16.8. The second-order valence-corrected chi connectivity index (χ2v) is 9.32. The SMILES string of the molecule is CCOC(=O)C(CCCCO[C@@H]1[C@H]2OC(C)(C)O[C@H]2O[C@@H]1[C@H]1COC(C)(C)O1)C(=O)OCC. The summed E-state index contributed by atoms with van der Waals surface area (Å²) in [5.74, 6) is -3.48. The zero-order chi connectivity index (χ0) is 24.2. The second-order valence-electron chi connectivity index (χ2n) is 9.32. The van der Waals surface area contributed by atoms with Crippen LogP contribution in [0.4, 0.5) is 0 Å². The molecule has 0 bridgehead atoms. The maximum atomic E-state index is 12.1. The quantitative estimate of drug-likeness (QED) is 0.251. The molecular weight excluding hydrogens is 436 g/mol. The zero-order valence-corrected chi connectivity index (χ0v) is 20.5. The first kappa shape index (κ1) is 26.3. The molecule has 33 heavy (non-hydrogen) atoms. The normalized spacial score (nSPS) is 32.2.